The van der Waals surface area contributed by atoms with Crippen LogP contribution in [-0.4, -0.2) is 25.7 Å². The first-order chi connectivity index (χ1) is 11.9. The molecular formula is C19H19BrO5. The molecular weight excluding hydrogens is 388 g/mol. The Morgan fingerprint density at radius 3 is 2.32 bits per heavy atom. The first kappa shape index (κ1) is 19.0. The molecule has 2 aromatic carbocycles. The normalized spacial score (nSPS) is 10.4. The van der Waals surface area contributed by atoms with E-state index in [4.69, 9.17) is 14.2 Å². The fraction of sp³-hybridized carbons (Fsp3) is 0.263. The Labute approximate surface area is 155 Å². The number of halogens is 1. The lowest BCUT2D eigenvalue weighted by atomic mass is 10.2. The van der Waals surface area contributed by atoms with Crippen LogP contribution in [0.3, 0.4) is 0 Å². The molecule has 2 aromatic rings. The van der Waals surface area contributed by atoms with Gasteiger partial charge in [-0.2, -0.15) is 0 Å². The first-order valence-corrected chi connectivity index (χ1v) is 8.53. The molecule has 0 N–H and O–H groups in total. The van der Waals surface area contributed by atoms with Crippen molar-refractivity contribution in [2.24, 2.45) is 5.92 Å². The molecule has 0 unspecified atom stereocenters. The average molecular weight is 407 g/mol. The van der Waals surface area contributed by atoms with Crippen LogP contribution in [0.1, 0.15) is 34.6 Å². The van der Waals surface area contributed by atoms with Gasteiger partial charge in [-0.15, -0.1) is 0 Å². The van der Waals surface area contributed by atoms with E-state index in [1.54, 1.807) is 42.5 Å². The van der Waals surface area contributed by atoms with Crippen LogP contribution in [-0.2, 0) is 4.74 Å². The van der Waals surface area contributed by atoms with Crippen LogP contribution in [0.25, 0.3) is 0 Å². The Kier molecular flexibility index (Phi) is 6.58. The van der Waals surface area contributed by atoms with Crippen molar-refractivity contribution in [1.29, 1.82) is 0 Å². The van der Waals surface area contributed by atoms with Gasteiger partial charge in [0.05, 0.1) is 19.3 Å². The summed E-state index contributed by atoms with van der Waals surface area (Å²) in [6.45, 7) is 4.29. The molecule has 25 heavy (non-hydrogen) atoms. The van der Waals surface area contributed by atoms with Gasteiger partial charge in [0, 0.05) is 4.47 Å². The van der Waals surface area contributed by atoms with E-state index in [-0.39, 0.29) is 5.92 Å². The number of esters is 2. The third-order valence-corrected chi connectivity index (χ3v) is 3.72. The predicted octanol–water partition coefficient (Wildman–Crippen LogP) is 4.49. The van der Waals surface area contributed by atoms with Crippen molar-refractivity contribution in [3.8, 4) is 11.5 Å². The minimum atomic E-state index is -0.548. The van der Waals surface area contributed by atoms with Crippen LogP contribution in [0.4, 0.5) is 0 Å². The van der Waals surface area contributed by atoms with Gasteiger partial charge < -0.3 is 14.2 Å². The van der Waals surface area contributed by atoms with Gasteiger partial charge in [-0.3, -0.25) is 0 Å². The fourth-order valence-electron chi connectivity index (χ4n) is 1.99. The van der Waals surface area contributed by atoms with Crippen molar-refractivity contribution >= 4 is 27.9 Å². The molecule has 0 spiro atoms. The Bertz CT molecular complexity index is 753. The summed E-state index contributed by atoms with van der Waals surface area (Å²) in [4.78, 5) is 24.2. The molecule has 0 aromatic heterocycles. The summed E-state index contributed by atoms with van der Waals surface area (Å²) < 4.78 is 16.4. The molecule has 6 heteroatoms. The molecule has 0 saturated heterocycles. The molecule has 132 valence electrons. The topological polar surface area (TPSA) is 61.8 Å². The van der Waals surface area contributed by atoms with Gasteiger partial charge in [0.2, 0.25) is 0 Å². The van der Waals surface area contributed by atoms with Crippen LogP contribution < -0.4 is 9.47 Å². The maximum atomic E-state index is 12.3. The number of rotatable bonds is 6. The number of benzene rings is 2. The summed E-state index contributed by atoms with van der Waals surface area (Å²) in [5, 5.41) is 0. The molecule has 0 amide bonds. The van der Waals surface area contributed by atoms with Gasteiger partial charge in [0.1, 0.15) is 17.1 Å². The van der Waals surface area contributed by atoms with Crippen LogP contribution in [0, 0.1) is 5.92 Å². The predicted molar refractivity (Wildman–Crippen MR) is 97.2 cm³/mol. The molecule has 0 bridgehead atoms. The highest BCUT2D eigenvalue weighted by Crippen LogP contribution is 2.25. The lowest BCUT2D eigenvalue weighted by Crippen LogP contribution is -2.11. The van der Waals surface area contributed by atoms with E-state index in [0.29, 0.717) is 29.2 Å². The van der Waals surface area contributed by atoms with Gasteiger partial charge in [-0.25, -0.2) is 9.59 Å². The number of hydrogen-bond acceptors (Lipinski definition) is 5. The smallest absolute Gasteiger partial charge is 0.347 e. The Balaban J connectivity index is 2.07. The fourth-order valence-corrected chi connectivity index (χ4v) is 2.35. The van der Waals surface area contributed by atoms with Gasteiger partial charge in [0.15, 0.2) is 0 Å². The highest BCUT2D eigenvalue weighted by atomic mass is 79.9. The van der Waals surface area contributed by atoms with E-state index < -0.39 is 11.9 Å². The quantitative estimate of drug-likeness (QED) is 0.522. The summed E-state index contributed by atoms with van der Waals surface area (Å²) in [7, 11) is 1.48. The number of hydrogen-bond donors (Lipinski definition) is 0. The molecule has 2 rings (SSSR count). The van der Waals surface area contributed by atoms with Crippen LogP contribution in [0.15, 0.2) is 46.9 Å². The molecule has 0 saturated carbocycles. The zero-order valence-electron chi connectivity index (χ0n) is 14.2. The van der Waals surface area contributed by atoms with Crippen LogP contribution in [0.5, 0.6) is 11.5 Å². The monoisotopic (exact) mass is 406 g/mol. The molecule has 0 heterocycles. The molecule has 5 nitrogen and oxygen atoms in total. The lowest BCUT2D eigenvalue weighted by Gasteiger charge is -2.10. The highest BCUT2D eigenvalue weighted by Gasteiger charge is 2.16. The Hall–Kier alpha value is -2.34. The van der Waals surface area contributed by atoms with E-state index in [1.165, 1.54) is 7.11 Å². The second-order valence-corrected chi connectivity index (χ2v) is 6.67. The number of methoxy groups -OCH3 is 1. The molecule has 0 fully saturated rings. The summed E-state index contributed by atoms with van der Waals surface area (Å²) in [5.41, 5.74) is 0.706. The summed E-state index contributed by atoms with van der Waals surface area (Å²) >= 11 is 3.31. The molecule has 0 radical (unpaired) electrons. The maximum absolute atomic E-state index is 12.3. The van der Waals surface area contributed by atoms with Gasteiger partial charge in [0.25, 0.3) is 0 Å². The molecule has 0 aliphatic heterocycles. The maximum Gasteiger partial charge on any atom is 0.347 e. The van der Waals surface area contributed by atoms with Crippen LogP contribution >= 0.6 is 15.9 Å². The Morgan fingerprint density at radius 2 is 1.72 bits per heavy atom. The number of ether oxygens (including phenoxy) is 3. The van der Waals surface area contributed by atoms with E-state index in [0.717, 1.165) is 4.47 Å². The van der Waals surface area contributed by atoms with Crippen molar-refractivity contribution in [2.75, 3.05) is 13.7 Å². The van der Waals surface area contributed by atoms with Crippen LogP contribution in [0.2, 0.25) is 0 Å². The molecule has 0 aliphatic rings. The van der Waals surface area contributed by atoms with Gasteiger partial charge in [-0.05, 0) is 48.4 Å². The second-order valence-electron chi connectivity index (χ2n) is 5.75. The standard InChI is InChI=1S/C19H19BrO5/c1-12(2)11-24-18(21)13-4-7-15(8-5-13)25-19(22)16-10-14(20)6-9-17(16)23-3/h4-10,12H,11H2,1-3H3. The van der Waals surface area contributed by atoms with Crippen molar-refractivity contribution in [3.05, 3.63) is 58.1 Å². The largest absolute Gasteiger partial charge is 0.496 e. The summed E-state index contributed by atoms with van der Waals surface area (Å²) in [5.74, 6) is 0.0624. The van der Waals surface area contributed by atoms with Crippen molar-refractivity contribution in [2.45, 2.75) is 13.8 Å². The second kappa shape index (κ2) is 8.67. The van der Waals surface area contributed by atoms with E-state index in [2.05, 4.69) is 15.9 Å². The van der Waals surface area contributed by atoms with E-state index >= 15 is 0 Å². The van der Waals surface area contributed by atoms with Gasteiger partial charge in [-0.1, -0.05) is 29.8 Å². The summed E-state index contributed by atoms with van der Waals surface area (Å²) in [6, 6.07) is 11.3. The van der Waals surface area contributed by atoms with E-state index in [1.807, 2.05) is 13.8 Å². The van der Waals surface area contributed by atoms with Crippen molar-refractivity contribution < 1.29 is 23.8 Å². The first-order valence-electron chi connectivity index (χ1n) is 7.73. The van der Waals surface area contributed by atoms with Gasteiger partial charge >= 0.3 is 11.9 Å². The number of carbonyl (C=O) groups is 2. The third-order valence-electron chi connectivity index (χ3n) is 3.23. The van der Waals surface area contributed by atoms with E-state index in [9.17, 15) is 9.59 Å². The molecule has 0 atom stereocenters. The van der Waals surface area contributed by atoms with Crippen molar-refractivity contribution in [3.63, 3.8) is 0 Å². The lowest BCUT2D eigenvalue weighted by molar-refractivity contribution is 0.0459. The SMILES string of the molecule is COc1ccc(Br)cc1C(=O)Oc1ccc(C(=O)OCC(C)C)cc1. The zero-order valence-corrected chi connectivity index (χ0v) is 15.8. The molecule has 0 aliphatic carbocycles. The number of carbonyl (C=O) groups excluding carboxylic acids is 2. The minimum Gasteiger partial charge on any atom is -0.496 e. The Morgan fingerprint density at radius 1 is 1.04 bits per heavy atom. The van der Waals surface area contributed by atoms with Crippen molar-refractivity contribution in [1.82, 2.24) is 0 Å². The average Bonchev–Trinajstić information content (AvgIpc) is 2.60. The zero-order chi connectivity index (χ0) is 18.4. The third kappa shape index (κ3) is 5.32. The summed E-state index contributed by atoms with van der Waals surface area (Å²) in [6.07, 6.45) is 0. The minimum absolute atomic E-state index is 0.268. The highest BCUT2D eigenvalue weighted by molar-refractivity contribution is 9.10.